The van der Waals surface area contributed by atoms with Crippen molar-refractivity contribution in [3.05, 3.63) is 59.1 Å². The second-order valence-corrected chi connectivity index (χ2v) is 6.73. The van der Waals surface area contributed by atoms with Gasteiger partial charge in [0.25, 0.3) is 0 Å². The Kier molecular flexibility index (Phi) is 8.85. The highest BCUT2D eigenvalue weighted by Crippen LogP contribution is 2.31. The molecule has 1 aliphatic heterocycles. The molecule has 1 unspecified atom stereocenters. The number of carbonyl (C=O) groups excluding carboxylic acids is 1. The van der Waals surface area contributed by atoms with Gasteiger partial charge in [-0.3, -0.25) is 9.79 Å². The largest absolute Gasteiger partial charge is 0.493 e. The van der Waals surface area contributed by atoms with Gasteiger partial charge in [-0.1, -0.05) is 29.8 Å². The highest BCUT2D eigenvalue weighted by atomic mass is 127. The summed E-state index contributed by atoms with van der Waals surface area (Å²) < 4.78 is 5.64. The van der Waals surface area contributed by atoms with E-state index in [9.17, 15) is 4.79 Å². The van der Waals surface area contributed by atoms with Gasteiger partial charge in [-0.25, -0.2) is 0 Å². The molecule has 2 aromatic carbocycles. The van der Waals surface area contributed by atoms with E-state index in [1.165, 1.54) is 0 Å². The summed E-state index contributed by atoms with van der Waals surface area (Å²) in [4.78, 5) is 16.3. The van der Waals surface area contributed by atoms with E-state index in [1.54, 1.807) is 24.3 Å². The van der Waals surface area contributed by atoms with Crippen LogP contribution in [0.15, 0.2) is 53.5 Å². The molecule has 0 aliphatic carbocycles. The number of halogens is 2. The number of ether oxygens (including phenoxy) is 1. The Bertz CT molecular complexity index is 814. The van der Waals surface area contributed by atoms with Crippen molar-refractivity contribution < 1.29 is 9.53 Å². The van der Waals surface area contributed by atoms with Crippen LogP contribution in [0.4, 0.5) is 5.69 Å². The van der Waals surface area contributed by atoms with Crippen molar-refractivity contribution in [2.75, 3.05) is 18.5 Å². The van der Waals surface area contributed by atoms with Crippen LogP contribution in [0, 0.1) is 0 Å². The molecular weight excluding hydrogens is 491 g/mol. The number of benzene rings is 2. The first-order chi connectivity index (χ1) is 13.1. The number of nitrogens with one attached hydrogen (secondary N) is 2. The van der Waals surface area contributed by atoms with Crippen LogP contribution in [0.5, 0.6) is 5.75 Å². The topological polar surface area (TPSA) is 88.7 Å². The molecule has 0 saturated carbocycles. The SMILES string of the molecule is I.NC(=NCCCC(=O)Nc1ccc(Cl)cc1)NC1CCOc2ccccc21. The van der Waals surface area contributed by atoms with Crippen LogP contribution in [0.3, 0.4) is 0 Å². The zero-order valence-corrected chi connectivity index (χ0v) is 18.4. The molecule has 150 valence electrons. The van der Waals surface area contributed by atoms with Crippen molar-refractivity contribution in [3.8, 4) is 5.75 Å². The molecular formula is C20H24ClIN4O2. The maximum atomic E-state index is 11.9. The number of anilines is 1. The lowest BCUT2D eigenvalue weighted by Gasteiger charge is -2.26. The molecule has 0 bridgehead atoms. The van der Waals surface area contributed by atoms with Crippen LogP contribution in [0.2, 0.25) is 5.02 Å². The Labute approximate surface area is 186 Å². The first-order valence-corrected chi connectivity index (χ1v) is 9.33. The minimum absolute atomic E-state index is 0. The third-order valence-corrected chi connectivity index (χ3v) is 4.50. The average molecular weight is 515 g/mol. The monoisotopic (exact) mass is 514 g/mol. The highest BCUT2D eigenvalue weighted by Gasteiger charge is 2.21. The fourth-order valence-corrected chi connectivity index (χ4v) is 3.04. The van der Waals surface area contributed by atoms with E-state index < -0.39 is 0 Å². The minimum Gasteiger partial charge on any atom is -0.493 e. The summed E-state index contributed by atoms with van der Waals surface area (Å²) in [5.74, 6) is 1.21. The number of nitrogens with zero attached hydrogens (tertiary/aromatic N) is 1. The molecule has 0 radical (unpaired) electrons. The van der Waals surface area contributed by atoms with Crippen LogP contribution >= 0.6 is 35.6 Å². The molecule has 1 atom stereocenters. The average Bonchev–Trinajstić information content (AvgIpc) is 2.67. The molecule has 1 aliphatic rings. The zero-order chi connectivity index (χ0) is 19.1. The normalized spacial score (nSPS) is 15.6. The van der Waals surface area contributed by atoms with Gasteiger partial charge in [0.05, 0.1) is 12.6 Å². The number of nitrogens with two attached hydrogens (primary N) is 1. The molecule has 0 fully saturated rings. The number of hydrogen-bond acceptors (Lipinski definition) is 3. The van der Waals surface area contributed by atoms with E-state index in [2.05, 4.69) is 15.6 Å². The minimum atomic E-state index is -0.0580. The van der Waals surface area contributed by atoms with E-state index in [-0.39, 0.29) is 35.9 Å². The van der Waals surface area contributed by atoms with Crippen LogP contribution in [0.1, 0.15) is 30.9 Å². The van der Waals surface area contributed by atoms with Crippen LogP contribution in [-0.2, 0) is 4.79 Å². The molecule has 2 aromatic rings. The van der Waals surface area contributed by atoms with Crippen molar-refractivity contribution >= 4 is 53.1 Å². The Balaban J connectivity index is 0.00000280. The molecule has 8 heteroatoms. The smallest absolute Gasteiger partial charge is 0.224 e. The Hall–Kier alpha value is -2.00. The van der Waals surface area contributed by atoms with Gasteiger partial charge < -0.3 is 21.1 Å². The highest BCUT2D eigenvalue weighted by molar-refractivity contribution is 14.0. The van der Waals surface area contributed by atoms with E-state index >= 15 is 0 Å². The van der Waals surface area contributed by atoms with Gasteiger partial charge in [-0.2, -0.15) is 0 Å². The van der Waals surface area contributed by atoms with Crippen molar-refractivity contribution in [3.63, 3.8) is 0 Å². The number of aliphatic imine (C=N–C) groups is 1. The molecule has 1 amide bonds. The number of para-hydroxylation sites is 1. The molecule has 0 spiro atoms. The first kappa shape index (κ1) is 22.3. The predicted molar refractivity (Wildman–Crippen MR) is 124 cm³/mol. The summed E-state index contributed by atoms with van der Waals surface area (Å²) in [6, 6.07) is 15.0. The lowest BCUT2D eigenvalue weighted by molar-refractivity contribution is -0.116. The van der Waals surface area contributed by atoms with E-state index in [0.29, 0.717) is 37.0 Å². The maximum Gasteiger partial charge on any atom is 0.224 e. The summed E-state index contributed by atoms with van der Waals surface area (Å²) in [5.41, 5.74) is 7.82. The maximum absolute atomic E-state index is 11.9. The second-order valence-electron chi connectivity index (χ2n) is 6.30. The van der Waals surface area contributed by atoms with Gasteiger partial charge >= 0.3 is 0 Å². The van der Waals surface area contributed by atoms with Gasteiger partial charge in [0, 0.05) is 35.7 Å². The van der Waals surface area contributed by atoms with E-state index in [1.807, 2.05) is 24.3 Å². The van der Waals surface area contributed by atoms with Crippen LogP contribution in [-0.4, -0.2) is 25.0 Å². The summed E-state index contributed by atoms with van der Waals surface area (Å²) >= 11 is 5.83. The molecule has 0 aromatic heterocycles. The molecule has 6 nitrogen and oxygen atoms in total. The number of hydrogen-bond donors (Lipinski definition) is 3. The zero-order valence-electron chi connectivity index (χ0n) is 15.4. The number of amides is 1. The number of rotatable bonds is 6. The predicted octanol–water partition coefficient (Wildman–Crippen LogP) is 4.10. The van der Waals surface area contributed by atoms with E-state index in [4.69, 9.17) is 22.1 Å². The van der Waals surface area contributed by atoms with Crippen LogP contribution < -0.4 is 21.1 Å². The van der Waals surface area contributed by atoms with Gasteiger partial charge in [-0.15, -0.1) is 24.0 Å². The summed E-state index contributed by atoms with van der Waals surface area (Å²) in [6.07, 6.45) is 1.82. The lowest BCUT2D eigenvalue weighted by atomic mass is 10.0. The second kappa shape index (κ2) is 11.1. The summed E-state index contributed by atoms with van der Waals surface area (Å²) in [5, 5.41) is 6.71. The Morgan fingerprint density at radius 2 is 1.96 bits per heavy atom. The molecule has 4 N–H and O–H groups in total. The van der Waals surface area contributed by atoms with Gasteiger partial charge in [0.1, 0.15) is 5.75 Å². The molecule has 0 saturated heterocycles. The molecule has 1 heterocycles. The molecule has 28 heavy (non-hydrogen) atoms. The fraction of sp³-hybridized carbons (Fsp3) is 0.300. The van der Waals surface area contributed by atoms with Crippen molar-refractivity contribution in [2.45, 2.75) is 25.3 Å². The fourth-order valence-electron chi connectivity index (χ4n) is 2.91. The number of guanidine groups is 1. The molecule has 3 rings (SSSR count). The first-order valence-electron chi connectivity index (χ1n) is 8.95. The van der Waals surface area contributed by atoms with Gasteiger partial charge in [0.15, 0.2) is 5.96 Å². The van der Waals surface area contributed by atoms with Crippen molar-refractivity contribution in [1.82, 2.24) is 5.32 Å². The Morgan fingerprint density at radius 3 is 2.75 bits per heavy atom. The summed E-state index contributed by atoms with van der Waals surface area (Å²) in [7, 11) is 0. The number of carbonyl (C=O) groups is 1. The van der Waals surface area contributed by atoms with Gasteiger partial charge in [0.2, 0.25) is 5.91 Å². The van der Waals surface area contributed by atoms with Gasteiger partial charge in [-0.05, 0) is 36.8 Å². The number of fused-ring (bicyclic) bond motifs is 1. The third-order valence-electron chi connectivity index (χ3n) is 4.25. The standard InChI is InChI=1S/C20H23ClN4O2.HI/c21-14-7-9-15(10-8-14)24-19(26)6-3-12-23-20(22)25-17-11-13-27-18-5-2-1-4-16(17)18;/h1-2,4-5,7-10,17H,3,6,11-13H2,(H,24,26)(H3,22,23,25);1H. The van der Waals surface area contributed by atoms with Crippen molar-refractivity contribution in [2.24, 2.45) is 10.7 Å². The Morgan fingerprint density at radius 1 is 1.21 bits per heavy atom. The van der Waals surface area contributed by atoms with Crippen molar-refractivity contribution in [1.29, 1.82) is 0 Å². The van der Waals surface area contributed by atoms with Crippen LogP contribution in [0.25, 0.3) is 0 Å². The van der Waals surface area contributed by atoms with E-state index in [0.717, 1.165) is 23.4 Å². The third kappa shape index (κ3) is 6.56. The lowest BCUT2D eigenvalue weighted by Crippen LogP contribution is -2.37. The quantitative estimate of drug-likeness (QED) is 0.234. The summed E-state index contributed by atoms with van der Waals surface area (Å²) in [6.45, 7) is 1.13.